The maximum Gasteiger partial charge on any atom is 0.248 e. The van der Waals surface area contributed by atoms with Gasteiger partial charge in [-0.05, 0) is 44.5 Å². The van der Waals surface area contributed by atoms with E-state index in [9.17, 15) is 9.90 Å². The summed E-state index contributed by atoms with van der Waals surface area (Å²) in [6, 6.07) is 1.87. The van der Waals surface area contributed by atoms with Crippen LogP contribution in [0.4, 0.5) is 0 Å². The van der Waals surface area contributed by atoms with Crippen molar-refractivity contribution >= 4 is 40.0 Å². The molecule has 5 nitrogen and oxygen atoms in total. The van der Waals surface area contributed by atoms with Crippen molar-refractivity contribution in [2.45, 2.75) is 45.2 Å². The Morgan fingerprint density at radius 3 is 2.70 bits per heavy atom. The summed E-state index contributed by atoms with van der Waals surface area (Å²) in [5.41, 5.74) is 4.25. The minimum absolute atomic E-state index is 0.112. The first-order chi connectivity index (χ1) is 13.0. The SMILES string of the molecule is C[C@H]1c2c([nH]c3c(Cl)c(Cl)cc(CN4CCCCC4)c23)CCN1C(=O)CO. The molecular formula is C20H25Cl2N3O2. The molecule has 27 heavy (non-hydrogen) atoms. The molecule has 2 aliphatic heterocycles. The third-order valence-corrected chi connectivity index (χ3v) is 6.75. The Hall–Kier alpha value is -1.27. The van der Waals surface area contributed by atoms with Gasteiger partial charge in [0, 0.05) is 36.2 Å². The van der Waals surface area contributed by atoms with Crippen molar-refractivity contribution < 1.29 is 9.90 Å². The molecule has 7 heteroatoms. The number of aliphatic hydroxyl groups excluding tert-OH is 1. The first-order valence-corrected chi connectivity index (χ1v) is 10.4. The van der Waals surface area contributed by atoms with E-state index < -0.39 is 6.61 Å². The predicted molar refractivity (Wildman–Crippen MR) is 108 cm³/mol. The number of piperidine rings is 1. The highest BCUT2D eigenvalue weighted by Crippen LogP contribution is 2.42. The van der Waals surface area contributed by atoms with Gasteiger partial charge in [-0.15, -0.1) is 0 Å². The van der Waals surface area contributed by atoms with Crippen LogP contribution in [-0.4, -0.2) is 52.0 Å². The molecule has 0 unspecified atom stereocenters. The molecule has 146 valence electrons. The van der Waals surface area contributed by atoms with Gasteiger partial charge in [-0.3, -0.25) is 9.69 Å². The van der Waals surface area contributed by atoms with Crippen molar-refractivity contribution in [2.24, 2.45) is 0 Å². The van der Waals surface area contributed by atoms with Crippen LogP contribution in [0.15, 0.2) is 6.07 Å². The van der Waals surface area contributed by atoms with E-state index in [-0.39, 0.29) is 11.9 Å². The third kappa shape index (κ3) is 3.35. The number of hydrogen-bond acceptors (Lipinski definition) is 3. The van der Waals surface area contributed by atoms with E-state index in [2.05, 4.69) is 9.88 Å². The third-order valence-electron chi connectivity index (χ3n) is 5.96. The van der Waals surface area contributed by atoms with Crippen LogP contribution in [0.3, 0.4) is 0 Å². The Bertz CT molecular complexity index is 874. The summed E-state index contributed by atoms with van der Waals surface area (Å²) in [6.07, 6.45) is 4.47. The molecule has 1 amide bonds. The molecule has 1 fully saturated rings. The molecule has 2 aromatic rings. The lowest BCUT2D eigenvalue weighted by Gasteiger charge is -2.34. The van der Waals surface area contributed by atoms with Crippen molar-refractivity contribution in [2.75, 3.05) is 26.2 Å². The van der Waals surface area contributed by atoms with Crippen molar-refractivity contribution in [3.8, 4) is 0 Å². The number of H-pyrrole nitrogens is 1. The maximum atomic E-state index is 12.2. The number of nitrogens with one attached hydrogen (secondary N) is 1. The number of carbonyl (C=O) groups is 1. The summed E-state index contributed by atoms with van der Waals surface area (Å²) < 4.78 is 0. The smallest absolute Gasteiger partial charge is 0.248 e. The van der Waals surface area contributed by atoms with Crippen molar-refractivity contribution in [3.63, 3.8) is 0 Å². The van der Waals surface area contributed by atoms with Crippen LogP contribution in [0.1, 0.15) is 49.0 Å². The quantitative estimate of drug-likeness (QED) is 0.807. The molecular weight excluding hydrogens is 385 g/mol. The minimum atomic E-state index is -0.463. The molecule has 4 rings (SSSR count). The van der Waals surface area contributed by atoms with Gasteiger partial charge >= 0.3 is 0 Å². The van der Waals surface area contributed by atoms with E-state index in [1.165, 1.54) is 19.3 Å². The lowest BCUT2D eigenvalue weighted by Crippen LogP contribution is -2.40. The number of fused-ring (bicyclic) bond motifs is 3. The number of hydrogen-bond donors (Lipinski definition) is 2. The average molecular weight is 410 g/mol. The zero-order chi connectivity index (χ0) is 19.1. The molecule has 0 saturated carbocycles. The second kappa shape index (κ2) is 7.63. The van der Waals surface area contributed by atoms with Gasteiger partial charge in [0.05, 0.1) is 21.6 Å². The van der Waals surface area contributed by atoms with Crippen LogP contribution in [0.25, 0.3) is 10.9 Å². The van der Waals surface area contributed by atoms with E-state index >= 15 is 0 Å². The monoisotopic (exact) mass is 409 g/mol. The first-order valence-electron chi connectivity index (χ1n) is 9.65. The van der Waals surface area contributed by atoms with Gasteiger partial charge in [-0.25, -0.2) is 0 Å². The number of benzene rings is 1. The molecule has 3 heterocycles. The molecule has 0 bridgehead atoms. The highest BCUT2D eigenvalue weighted by Gasteiger charge is 2.32. The zero-order valence-electron chi connectivity index (χ0n) is 15.5. The molecule has 0 aliphatic carbocycles. The summed E-state index contributed by atoms with van der Waals surface area (Å²) in [4.78, 5) is 19.9. The van der Waals surface area contributed by atoms with Crippen LogP contribution >= 0.6 is 23.2 Å². The summed E-state index contributed by atoms with van der Waals surface area (Å²) in [7, 11) is 0. The number of amides is 1. The van der Waals surface area contributed by atoms with E-state index in [0.29, 0.717) is 16.6 Å². The highest BCUT2D eigenvalue weighted by atomic mass is 35.5. The number of carbonyl (C=O) groups excluding carboxylic acids is 1. The largest absolute Gasteiger partial charge is 0.387 e. The van der Waals surface area contributed by atoms with Gasteiger partial charge in [0.25, 0.3) is 0 Å². The molecule has 2 N–H and O–H groups in total. The molecule has 0 radical (unpaired) electrons. The number of likely N-dealkylation sites (tertiary alicyclic amines) is 1. The first kappa shape index (κ1) is 19.1. The van der Waals surface area contributed by atoms with Crippen LogP contribution in [0, 0.1) is 0 Å². The van der Waals surface area contributed by atoms with Crippen LogP contribution < -0.4 is 0 Å². The van der Waals surface area contributed by atoms with Crippen molar-refractivity contribution in [3.05, 3.63) is 32.9 Å². The van der Waals surface area contributed by atoms with Crippen LogP contribution in [0.5, 0.6) is 0 Å². The Morgan fingerprint density at radius 1 is 1.26 bits per heavy atom. The van der Waals surface area contributed by atoms with Crippen molar-refractivity contribution in [1.29, 1.82) is 0 Å². The van der Waals surface area contributed by atoms with Gasteiger partial charge in [0.15, 0.2) is 0 Å². The molecule has 1 atom stereocenters. The van der Waals surface area contributed by atoms with E-state index in [1.54, 1.807) is 4.90 Å². The fraction of sp³-hybridized carbons (Fsp3) is 0.550. The molecule has 1 aromatic carbocycles. The summed E-state index contributed by atoms with van der Waals surface area (Å²) in [5, 5.41) is 11.5. The minimum Gasteiger partial charge on any atom is -0.387 e. The van der Waals surface area contributed by atoms with Crippen LogP contribution in [0.2, 0.25) is 10.0 Å². The standard InChI is InChI=1S/C20H25Cl2N3O2/c1-12-17-15(5-8-25(12)16(27)11-26)23-20-18(17)13(9-14(21)19(20)22)10-24-6-3-2-4-7-24/h9,12,23,26H,2-8,10-11H2,1H3/t12-/m0/s1. The predicted octanol–water partition coefficient (Wildman–Crippen LogP) is 3.90. The highest BCUT2D eigenvalue weighted by molar-refractivity contribution is 6.45. The number of aliphatic hydroxyl groups is 1. The lowest BCUT2D eigenvalue weighted by molar-refractivity contribution is -0.136. The number of nitrogens with zero attached hydrogens (tertiary/aromatic N) is 2. The lowest BCUT2D eigenvalue weighted by atomic mass is 9.94. The van der Waals surface area contributed by atoms with Gasteiger partial charge < -0.3 is 15.0 Å². The second-order valence-corrected chi connectivity index (χ2v) is 8.39. The fourth-order valence-electron chi connectivity index (χ4n) is 4.63. The van der Waals surface area contributed by atoms with Gasteiger partial charge in [0.1, 0.15) is 6.61 Å². The van der Waals surface area contributed by atoms with Crippen molar-refractivity contribution in [1.82, 2.24) is 14.8 Å². The topological polar surface area (TPSA) is 59.6 Å². The van der Waals surface area contributed by atoms with Crippen LogP contribution in [-0.2, 0) is 17.8 Å². The number of rotatable bonds is 3. The molecule has 1 aromatic heterocycles. The van der Waals surface area contributed by atoms with E-state index in [1.807, 2.05) is 13.0 Å². The summed E-state index contributed by atoms with van der Waals surface area (Å²) in [6.45, 7) is 5.17. The zero-order valence-corrected chi connectivity index (χ0v) is 17.0. The normalized spacial score (nSPS) is 20.9. The van der Waals surface area contributed by atoms with E-state index in [0.717, 1.165) is 53.8 Å². The Labute approximate surface area is 169 Å². The van der Waals surface area contributed by atoms with E-state index in [4.69, 9.17) is 23.2 Å². The number of halogens is 2. The summed E-state index contributed by atoms with van der Waals surface area (Å²) in [5.74, 6) is -0.236. The Kier molecular flexibility index (Phi) is 5.39. The second-order valence-electron chi connectivity index (χ2n) is 7.61. The number of aromatic amines is 1. The van der Waals surface area contributed by atoms with Gasteiger partial charge in [0.2, 0.25) is 5.91 Å². The number of aromatic nitrogens is 1. The maximum absolute atomic E-state index is 12.2. The summed E-state index contributed by atoms with van der Waals surface area (Å²) >= 11 is 13.0. The fourth-order valence-corrected chi connectivity index (χ4v) is 5.05. The molecule has 2 aliphatic rings. The Balaban J connectivity index is 1.83. The Morgan fingerprint density at radius 2 is 2.00 bits per heavy atom. The molecule has 1 saturated heterocycles. The average Bonchev–Trinajstić information content (AvgIpc) is 3.07. The van der Waals surface area contributed by atoms with Gasteiger partial charge in [-0.2, -0.15) is 0 Å². The van der Waals surface area contributed by atoms with Gasteiger partial charge in [-0.1, -0.05) is 29.6 Å². The molecule has 0 spiro atoms.